The number of carbonyl (C=O) groups is 1. The van der Waals surface area contributed by atoms with Gasteiger partial charge in [-0.15, -0.1) is 0 Å². The van der Waals surface area contributed by atoms with Gasteiger partial charge in [0.05, 0.1) is 14.2 Å². The number of carboxylic acid groups (broad SMARTS) is 1. The van der Waals surface area contributed by atoms with E-state index in [0.717, 1.165) is 0 Å². The Balaban J connectivity index is 3.33. The van der Waals surface area contributed by atoms with Crippen molar-refractivity contribution in [3.63, 3.8) is 0 Å². The number of hydrogen-bond acceptors (Lipinski definition) is 4. The van der Waals surface area contributed by atoms with Gasteiger partial charge < -0.3 is 19.7 Å². The van der Waals surface area contributed by atoms with E-state index in [0.29, 0.717) is 0 Å². The maximum Gasteiger partial charge on any atom is 0.337 e. The van der Waals surface area contributed by atoms with Gasteiger partial charge in [0.1, 0.15) is 18.2 Å². The fraction of sp³-hybridized carbons (Fsp3) is 0.364. The second-order valence-corrected chi connectivity index (χ2v) is 3.28. The highest BCUT2D eigenvalue weighted by molar-refractivity contribution is 5.75. The second kappa shape index (κ2) is 5.49. The first-order valence-corrected chi connectivity index (χ1v) is 4.76. The topological polar surface area (TPSA) is 76.0 Å². The number of methoxy groups -OCH3 is 2. The van der Waals surface area contributed by atoms with E-state index in [9.17, 15) is 14.3 Å². The summed E-state index contributed by atoms with van der Waals surface area (Å²) in [6, 6.07) is 2.56. The molecule has 94 valence electrons. The first-order chi connectivity index (χ1) is 8.04. The van der Waals surface area contributed by atoms with Gasteiger partial charge in [0.2, 0.25) is 0 Å². The predicted molar refractivity (Wildman–Crippen MR) is 57.0 cm³/mol. The van der Waals surface area contributed by atoms with E-state index in [1.165, 1.54) is 26.4 Å². The molecule has 0 radical (unpaired) electrons. The fourth-order valence-electron chi connectivity index (χ4n) is 1.44. The number of benzene rings is 1. The maximum atomic E-state index is 12.7. The summed E-state index contributed by atoms with van der Waals surface area (Å²) in [5.74, 6) is -1.14. The van der Waals surface area contributed by atoms with Crippen molar-refractivity contribution in [1.82, 2.24) is 0 Å². The number of ether oxygens (including phenoxy) is 2. The molecule has 17 heavy (non-hydrogen) atoms. The lowest BCUT2D eigenvalue weighted by Gasteiger charge is -2.15. The van der Waals surface area contributed by atoms with Gasteiger partial charge in [-0.2, -0.15) is 0 Å². The summed E-state index contributed by atoms with van der Waals surface area (Å²) in [6.45, 7) is -0.775. The number of aliphatic hydroxyl groups excluding tert-OH is 1. The Labute approximate surface area is 97.4 Å². The van der Waals surface area contributed by atoms with E-state index in [1.807, 2.05) is 0 Å². The van der Waals surface area contributed by atoms with Gasteiger partial charge in [0.15, 0.2) is 6.10 Å². The molecule has 1 unspecified atom stereocenters. The Kier molecular flexibility index (Phi) is 4.28. The molecule has 1 aromatic carbocycles. The van der Waals surface area contributed by atoms with Crippen LogP contribution < -0.4 is 9.47 Å². The Bertz CT molecular complexity index is 419. The highest BCUT2D eigenvalue weighted by Gasteiger charge is 2.22. The van der Waals surface area contributed by atoms with Gasteiger partial charge in [0, 0.05) is 11.1 Å². The zero-order chi connectivity index (χ0) is 13.0. The normalized spacial score (nSPS) is 12.0. The molecular weight excluding hydrogens is 231 g/mol. The van der Waals surface area contributed by atoms with Gasteiger partial charge in [-0.05, 0) is 12.1 Å². The van der Waals surface area contributed by atoms with Crippen molar-refractivity contribution < 1.29 is 28.9 Å². The van der Waals surface area contributed by atoms with Crippen molar-refractivity contribution in [2.45, 2.75) is 12.8 Å². The van der Waals surface area contributed by atoms with Crippen LogP contribution in [-0.2, 0) is 11.5 Å². The highest BCUT2D eigenvalue weighted by Crippen LogP contribution is 2.33. The third kappa shape index (κ3) is 2.65. The third-order valence-corrected chi connectivity index (χ3v) is 2.31. The summed E-state index contributed by atoms with van der Waals surface area (Å²) in [7, 11) is 2.64. The van der Waals surface area contributed by atoms with E-state index in [-0.39, 0.29) is 22.6 Å². The molecule has 0 aromatic heterocycles. The molecule has 0 fully saturated rings. The summed E-state index contributed by atoms with van der Waals surface area (Å²) in [6.07, 6.45) is -1.74. The summed E-state index contributed by atoms with van der Waals surface area (Å²) >= 11 is 0. The summed E-state index contributed by atoms with van der Waals surface area (Å²) in [5.41, 5.74) is 0.250. The van der Waals surface area contributed by atoms with Crippen molar-refractivity contribution >= 4 is 5.97 Å². The maximum absolute atomic E-state index is 12.7. The minimum Gasteiger partial charge on any atom is -0.496 e. The molecule has 0 spiro atoms. The third-order valence-electron chi connectivity index (χ3n) is 2.31. The summed E-state index contributed by atoms with van der Waals surface area (Å²) < 4.78 is 22.5. The van der Waals surface area contributed by atoms with Crippen LogP contribution in [0, 0.1) is 0 Å². The Morgan fingerprint density at radius 1 is 1.35 bits per heavy atom. The zero-order valence-electron chi connectivity index (χ0n) is 9.44. The largest absolute Gasteiger partial charge is 0.496 e. The fourth-order valence-corrected chi connectivity index (χ4v) is 1.44. The van der Waals surface area contributed by atoms with Gasteiger partial charge in [-0.3, -0.25) is 0 Å². The Morgan fingerprint density at radius 3 is 2.35 bits per heavy atom. The van der Waals surface area contributed by atoms with Gasteiger partial charge in [-0.1, -0.05) is 0 Å². The minimum absolute atomic E-state index is 0.0223. The monoisotopic (exact) mass is 244 g/mol. The lowest BCUT2D eigenvalue weighted by atomic mass is 10.0. The lowest BCUT2D eigenvalue weighted by Crippen LogP contribution is -2.12. The van der Waals surface area contributed by atoms with Crippen molar-refractivity contribution in [2.24, 2.45) is 0 Å². The van der Waals surface area contributed by atoms with Crippen molar-refractivity contribution in [3.8, 4) is 11.5 Å². The Morgan fingerprint density at radius 2 is 1.94 bits per heavy atom. The number of rotatable bonds is 5. The van der Waals surface area contributed by atoms with E-state index >= 15 is 0 Å². The molecule has 6 heteroatoms. The van der Waals surface area contributed by atoms with Crippen LogP contribution in [-0.4, -0.2) is 30.4 Å². The van der Waals surface area contributed by atoms with E-state index in [4.69, 9.17) is 14.6 Å². The van der Waals surface area contributed by atoms with Crippen LogP contribution in [0.1, 0.15) is 17.2 Å². The number of alkyl halides is 1. The smallest absolute Gasteiger partial charge is 0.337 e. The molecular formula is C11H13FO5. The number of carboxylic acids is 1. The molecule has 5 nitrogen and oxygen atoms in total. The summed E-state index contributed by atoms with van der Waals surface area (Å²) in [5, 5.41) is 18.2. The van der Waals surface area contributed by atoms with E-state index in [2.05, 4.69) is 0 Å². The molecule has 0 aliphatic heterocycles. The lowest BCUT2D eigenvalue weighted by molar-refractivity contribution is -0.147. The van der Waals surface area contributed by atoms with Crippen LogP contribution in [0.15, 0.2) is 12.1 Å². The minimum atomic E-state index is -1.74. The van der Waals surface area contributed by atoms with Gasteiger partial charge in [0.25, 0.3) is 0 Å². The van der Waals surface area contributed by atoms with Crippen molar-refractivity contribution in [3.05, 3.63) is 23.3 Å². The zero-order valence-corrected chi connectivity index (χ0v) is 9.44. The quantitative estimate of drug-likeness (QED) is 0.816. The van der Waals surface area contributed by atoms with Crippen LogP contribution in [0.5, 0.6) is 11.5 Å². The average molecular weight is 244 g/mol. The number of halogens is 1. The highest BCUT2D eigenvalue weighted by atomic mass is 19.1. The van der Waals surface area contributed by atoms with Crippen LogP contribution >= 0.6 is 0 Å². The molecule has 0 bridgehead atoms. The SMILES string of the molecule is COc1cc(C(O)C(=O)O)c(OC)cc1CF. The molecule has 1 atom stereocenters. The number of hydrogen-bond donors (Lipinski definition) is 2. The van der Waals surface area contributed by atoms with Gasteiger partial charge >= 0.3 is 5.97 Å². The van der Waals surface area contributed by atoms with Crippen LogP contribution in [0.4, 0.5) is 4.39 Å². The molecule has 0 aliphatic rings. The van der Waals surface area contributed by atoms with Crippen LogP contribution in [0.25, 0.3) is 0 Å². The first-order valence-electron chi connectivity index (χ1n) is 4.76. The van der Waals surface area contributed by atoms with Gasteiger partial charge in [-0.25, -0.2) is 9.18 Å². The van der Waals surface area contributed by atoms with Crippen molar-refractivity contribution in [2.75, 3.05) is 14.2 Å². The molecule has 0 saturated heterocycles. The second-order valence-electron chi connectivity index (χ2n) is 3.28. The molecule has 1 aromatic rings. The predicted octanol–water partition coefficient (Wildman–Crippen LogP) is 1.29. The van der Waals surface area contributed by atoms with E-state index < -0.39 is 18.7 Å². The molecule has 1 rings (SSSR count). The number of aliphatic hydroxyl groups is 1. The molecule has 0 saturated carbocycles. The molecule has 0 aliphatic carbocycles. The van der Waals surface area contributed by atoms with Crippen LogP contribution in [0.3, 0.4) is 0 Å². The van der Waals surface area contributed by atoms with E-state index in [1.54, 1.807) is 0 Å². The molecule has 0 amide bonds. The summed E-state index contributed by atoms with van der Waals surface area (Å²) in [4.78, 5) is 10.7. The van der Waals surface area contributed by atoms with Crippen LogP contribution in [0.2, 0.25) is 0 Å². The first kappa shape index (κ1) is 13.2. The number of aliphatic carboxylic acids is 1. The molecule has 0 heterocycles. The average Bonchev–Trinajstić information content (AvgIpc) is 2.35. The van der Waals surface area contributed by atoms with Crippen molar-refractivity contribution in [1.29, 1.82) is 0 Å². The molecule has 2 N–H and O–H groups in total. The standard InChI is InChI=1S/C11H13FO5/c1-16-8-4-7(10(13)11(14)15)9(17-2)3-6(8)5-12/h3-4,10,13H,5H2,1-2H3,(H,14,15). The Hall–Kier alpha value is -1.82.